The fourth-order valence-electron chi connectivity index (χ4n) is 3.71. The normalized spacial score (nSPS) is 23.4. The van der Waals surface area contributed by atoms with Gasteiger partial charge in [-0.3, -0.25) is 4.68 Å². The molecule has 0 aliphatic carbocycles. The lowest BCUT2D eigenvalue weighted by molar-refractivity contribution is -0.00461. The Labute approximate surface area is 156 Å². The van der Waals surface area contributed by atoms with Gasteiger partial charge in [-0.05, 0) is 12.1 Å². The Bertz CT molecular complexity index is 916. The van der Waals surface area contributed by atoms with E-state index in [4.69, 9.17) is 9.47 Å². The number of aryl methyl sites for hydroxylation is 1. The molecule has 5 heterocycles. The molecule has 0 aromatic carbocycles. The molecule has 140 valence electrons. The lowest BCUT2D eigenvalue weighted by atomic mass is 10.3. The van der Waals surface area contributed by atoms with Crippen molar-refractivity contribution in [2.24, 2.45) is 7.05 Å². The van der Waals surface area contributed by atoms with Gasteiger partial charge in [0.05, 0.1) is 30.8 Å². The van der Waals surface area contributed by atoms with Gasteiger partial charge in [0.15, 0.2) is 5.65 Å². The van der Waals surface area contributed by atoms with E-state index in [9.17, 15) is 0 Å². The van der Waals surface area contributed by atoms with E-state index in [1.54, 1.807) is 17.2 Å². The van der Waals surface area contributed by atoms with Crippen LogP contribution < -0.4 is 10.2 Å². The molecule has 1 N–H and O–H groups in total. The molecule has 3 aromatic heterocycles. The quantitative estimate of drug-likeness (QED) is 0.728. The number of rotatable bonds is 3. The first-order valence-electron chi connectivity index (χ1n) is 9.06. The van der Waals surface area contributed by atoms with Gasteiger partial charge in [0.1, 0.15) is 30.2 Å². The molecule has 3 aromatic rings. The Hall–Kier alpha value is -2.78. The van der Waals surface area contributed by atoms with E-state index in [-0.39, 0.29) is 18.2 Å². The largest absolute Gasteiger partial charge is 0.371 e. The maximum atomic E-state index is 6.16. The Balaban J connectivity index is 1.28. The van der Waals surface area contributed by atoms with Crippen molar-refractivity contribution in [1.82, 2.24) is 24.7 Å². The monoisotopic (exact) mass is 367 g/mol. The highest BCUT2D eigenvalue weighted by molar-refractivity contribution is 5.86. The van der Waals surface area contributed by atoms with Crippen LogP contribution in [0.5, 0.6) is 0 Å². The van der Waals surface area contributed by atoms with Crippen LogP contribution in [0.4, 0.5) is 11.6 Å². The smallest absolute Gasteiger partial charge is 0.163 e. The summed E-state index contributed by atoms with van der Waals surface area (Å²) in [6.45, 7) is 2.64. The van der Waals surface area contributed by atoms with Crippen LogP contribution in [0, 0.1) is 0 Å². The first-order chi connectivity index (χ1) is 13.3. The average Bonchev–Trinajstić information content (AvgIpc) is 3.23. The van der Waals surface area contributed by atoms with E-state index in [1.165, 1.54) is 0 Å². The summed E-state index contributed by atoms with van der Waals surface area (Å²) in [5.74, 6) is 1.72. The summed E-state index contributed by atoms with van der Waals surface area (Å²) in [6, 6.07) is 5.89. The summed E-state index contributed by atoms with van der Waals surface area (Å²) >= 11 is 0. The van der Waals surface area contributed by atoms with Crippen LogP contribution in [0.2, 0.25) is 0 Å². The maximum absolute atomic E-state index is 6.16. The van der Waals surface area contributed by atoms with Crippen molar-refractivity contribution < 1.29 is 9.47 Å². The van der Waals surface area contributed by atoms with E-state index in [0.29, 0.717) is 13.2 Å². The zero-order valence-corrected chi connectivity index (χ0v) is 15.0. The van der Waals surface area contributed by atoms with Crippen molar-refractivity contribution >= 4 is 22.7 Å². The third-order valence-corrected chi connectivity index (χ3v) is 5.06. The molecular formula is C18H21N7O2. The van der Waals surface area contributed by atoms with Gasteiger partial charge < -0.3 is 19.7 Å². The highest BCUT2D eigenvalue weighted by Crippen LogP contribution is 2.29. The van der Waals surface area contributed by atoms with Gasteiger partial charge in [0.2, 0.25) is 0 Å². The number of aromatic nitrogens is 5. The second-order valence-electron chi connectivity index (χ2n) is 6.91. The van der Waals surface area contributed by atoms with Gasteiger partial charge in [-0.1, -0.05) is 6.07 Å². The molecule has 0 amide bonds. The fraction of sp³-hybridized carbons (Fsp3) is 0.444. The van der Waals surface area contributed by atoms with Crippen molar-refractivity contribution in [3.8, 4) is 0 Å². The highest BCUT2D eigenvalue weighted by atomic mass is 16.6. The van der Waals surface area contributed by atoms with Crippen LogP contribution in [-0.2, 0) is 16.5 Å². The van der Waals surface area contributed by atoms with E-state index in [2.05, 4.69) is 30.3 Å². The number of anilines is 2. The van der Waals surface area contributed by atoms with Gasteiger partial charge in [-0.2, -0.15) is 5.10 Å². The summed E-state index contributed by atoms with van der Waals surface area (Å²) in [6.07, 6.45) is 5.20. The summed E-state index contributed by atoms with van der Waals surface area (Å²) in [4.78, 5) is 15.3. The number of hydrogen-bond acceptors (Lipinski definition) is 8. The predicted molar refractivity (Wildman–Crippen MR) is 99.6 cm³/mol. The fourth-order valence-corrected chi connectivity index (χ4v) is 3.71. The standard InChI is InChI=1S/C18H21N7O2/c1-24-17-13(6-22-24)18(21-11-20-17)25-7-14-15(8-25)27-10-12(9-26-14)23-16-4-2-3-5-19-16/h2-6,11-12,14-15H,7-10H2,1H3,(H,19,23)/t14-,15-/m0/s1. The number of pyridine rings is 1. The van der Waals surface area contributed by atoms with Gasteiger partial charge in [-0.15, -0.1) is 0 Å². The van der Waals surface area contributed by atoms with E-state index in [1.807, 2.05) is 31.4 Å². The Morgan fingerprint density at radius 1 is 1.07 bits per heavy atom. The van der Waals surface area contributed by atoms with Crippen LogP contribution in [0.25, 0.3) is 11.0 Å². The molecule has 27 heavy (non-hydrogen) atoms. The second kappa shape index (κ2) is 6.75. The molecule has 2 saturated heterocycles. The second-order valence-corrected chi connectivity index (χ2v) is 6.91. The molecular weight excluding hydrogens is 346 g/mol. The van der Waals surface area contributed by atoms with Gasteiger partial charge in [0.25, 0.3) is 0 Å². The first kappa shape index (κ1) is 16.4. The van der Waals surface area contributed by atoms with Crippen molar-refractivity contribution in [2.75, 3.05) is 36.5 Å². The third kappa shape index (κ3) is 3.08. The van der Waals surface area contributed by atoms with Gasteiger partial charge in [0, 0.05) is 26.3 Å². The Morgan fingerprint density at radius 3 is 2.63 bits per heavy atom. The minimum Gasteiger partial charge on any atom is -0.371 e. The molecule has 9 heteroatoms. The Kier molecular flexibility index (Phi) is 4.10. The molecule has 9 nitrogen and oxygen atoms in total. The number of nitrogens with zero attached hydrogens (tertiary/aromatic N) is 6. The number of ether oxygens (including phenoxy) is 2. The van der Waals surface area contributed by atoms with Crippen LogP contribution in [0.1, 0.15) is 0 Å². The van der Waals surface area contributed by atoms with Gasteiger partial charge in [-0.25, -0.2) is 15.0 Å². The van der Waals surface area contributed by atoms with E-state index < -0.39 is 0 Å². The molecule has 2 atom stereocenters. The SMILES string of the molecule is Cn1ncc2c(N3C[C@@H]4OCC(Nc5ccccn5)CO[C@H]4C3)ncnc21. The van der Waals surface area contributed by atoms with Crippen molar-refractivity contribution in [3.63, 3.8) is 0 Å². The molecule has 5 rings (SSSR count). The lowest BCUT2D eigenvalue weighted by Gasteiger charge is -2.20. The first-order valence-corrected chi connectivity index (χ1v) is 9.06. The number of hydrogen-bond donors (Lipinski definition) is 1. The molecule has 0 radical (unpaired) electrons. The summed E-state index contributed by atoms with van der Waals surface area (Å²) < 4.78 is 14.1. The predicted octanol–water partition coefficient (Wildman–Crippen LogP) is 0.843. The average molecular weight is 367 g/mol. The molecule has 0 unspecified atom stereocenters. The zero-order chi connectivity index (χ0) is 18.2. The van der Waals surface area contributed by atoms with Crippen LogP contribution in [-0.4, -0.2) is 69.3 Å². The van der Waals surface area contributed by atoms with Crippen molar-refractivity contribution in [2.45, 2.75) is 18.2 Å². The molecule has 0 bridgehead atoms. The van der Waals surface area contributed by atoms with Crippen LogP contribution in [0.15, 0.2) is 36.9 Å². The lowest BCUT2D eigenvalue weighted by Crippen LogP contribution is -2.31. The van der Waals surface area contributed by atoms with Crippen molar-refractivity contribution in [3.05, 3.63) is 36.9 Å². The number of nitrogens with one attached hydrogen (secondary N) is 1. The maximum Gasteiger partial charge on any atom is 0.163 e. The molecule has 0 saturated carbocycles. The van der Waals surface area contributed by atoms with Gasteiger partial charge >= 0.3 is 0 Å². The summed E-state index contributed by atoms with van der Waals surface area (Å²) in [5, 5.41) is 8.62. The molecule has 2 fully saturated rings. The minimum absolute atomic E-state index is 0.0159. The third-order valence-electron chi connectivity index (χ3n) is 5.06. The topological polar surface area (TPSA) is 90.2 Å². The number of fused-ring (bicyclic) bond motifs is 2. The molecule has 0 spiro atoms. The molecule has 2 aliphatic heterocycles. The van der Waals surface area contributed by atoms with E-state index >= 15 is 0 Å². The zero-order valence-electron chi connectivity index (χ0n) is 15.0. The minimum atomic E-state index is 0.0159. The summed E-state index contributed by atoms with van der Waals surface area (Å²) in [7, 11) is 1.88. The Morgan fingerprint density at radius 2 is 1.89 bits per heavy atom. The van der Waals surface area contributed by atoms with Crippen LogP contribution in [0.3, 0.4) is 0 Å². The molecule has 2 aliphatic rings. The van der Waals surface area contributed by atoms with E-state index in [0.717, 1.165) is 35.8 Å². The highest BCUT2D eigenvalue weighted by Gasteiger charge is 2.38. The van der Waals surface area contributed by atoms with Crippen molar-refractivity contribution in [1.29, 1.82) is 0 Å². The van der Waals surface area contributed by atoms with Crippen LogP contribution >= 0.6 is 0 Å². The summed E-state index contributed by atoms with van der Waals surface area (Å²) in [5.41, 5.74) is 0.827.